The Hall–Kier alpha value is -1.70. The highest BCUT2D eigenvalue weighted by atomic mass is 32.1. The number of nitrogen functional groups attached to an aromatic ring is 1. The lowest BCUT2D eigenvalue weighted by Crippen LogP contribution is -2.05. The van der Waals surface area contributed by atoms with Crippen molar-refractivity contribution < 1.29 is 0 Å². The normalized spacial score (nSPS) is 10.4. The molecule has 0 aliphatic carbocycles. The number of rotatable bonds is 3. The summed E-state index contributed by atoms with van der Waals surface area (Å²) in [6.07, 6.45) is 1.64. The number of nitrogens with zero attached hydrogens (tertiary/aromatic N) is 5. The molecule has 0 aromatic carbocycles. The summed E-state index contributed by atoms with van der Waals surface area (Å²) >= 11 is 1.22. The standard InChI is InChI=1S/C6H9N7S/c1-13-3-9-11-4(13)2-8-6-10-5(7)12-14-6/h3H,2H2,1H3,(H3,7,8,10,12). The number of aromatic nitrogens is 5. The third kappa shape index (κ3) is 1.79. The molecule has 0 saturated heterocycles. The monoisotopic (exact) mass is 211 g/mol. The van der Waals surface area contributed by atoms with Crippen molar-refractivity contribution >= 4 is 22.6 Å². The van der Waals surface area contributed by atoms with E-state index in [-0.39, 0.29) is 5.95 Å². The fourth-order valence-electron chi connectivity index (χ4n) is 0.929. The van der Waals surface area contributed by atoms with Crippen molar-refractivity contribution in [3.63, 3.8) is 0 Å². The molecule has 0 aliphatic heterocycles. The van der Waals surface area contributed by atoms with E-state index in [1.807, 2.05) is 11.6 Å². The summed E-state index contributed by atoms with van der Waals surface area (Å²) in [7, 11) is 1.88. The van der Waals surface area contributed by atoms with E-state index in [0.717, 1.165) is 5.82 Å². The number of anilines is 2. The molecule has 0 unspecified atom stereocenters. The first-order valence-electron chi connectivity index (χ1n) is 3.91. The van der Waals surface area contributed by atoms with Gasteiger partial charge in [-0.25, -0.2) is 0 Å². The molecule has 2 rings (SSSR count). The largest absolute Gasteiger partial charge is 0.367 e. The van der Waals surface area contributed by atoms with Crippen LogP contribution in [0.25, 0.3) is 0 Å². The maximum atomic E-state index is 5.37. The lowest BCUT2D eigenvalue weighted by molar-refractivity contribution is 0.812. The van der Waals surface area contributed by atoms with Crippen molar-refractivity contribution in [3.8, 4) is 0 Å². The molecule has 2 heterocycles. The third-order valence-electron chi connectivity index (χ3n) is 1.64. The van der Waals surface area contributed by atoms with E-state index < -0.39 is 0 Å². The SMILES string of the molecule is Cn1cnnc1CNc1nc(N)ns1. The van der Waals surface area contributed by atoms with Crippen molar-refractivity contribution in [2.75, 3.05) is 11.1 Å². The van der Waals surface area contributed by atoms with E-state index >= 15 is 0 Å². The molecule has 0 radical (unpaired) electrons. The van der Waals surface area contributed by atoms with Crippen LogP contribution in [0.4, 0.5) is 11.1 Å². The molecule has 74 valence electrons. The molecular weight excluding hydrogens is 202 g/mol. The summed E-state index contributed by atoms with van der Waals surface area (Å²) < 4.78 is 5.67. The van der Waals surface area contributed by atoms with E-state index in [1.54, 1.807) is 6.33 Å². The van der Waals surface area contributed by atoms with Gasteiger partial charge in [-0.3, -0.25) is 0 Å². The van der Waals surface area contributed by atoms with E-state index in [9.17, 15) is 0 Å². The summed E-state index contributed by atoms with van der Waals surface area (Å²) in [6, 6.07) is 0. The van der Waals surface area contributed by atoms with Crippen LogP contribution in [0, 0.1) is 0 Å². The van der Waals surface area contributed by atoms with Gasteiger partial charge in [0.2, 0.25) is 11.1 Å². The highest BCUT2D eigenvalue weighted by molar-refractivity contribution is 7.09. The second-order valence-electron chi connectivity index (χ2n) is 2.67. The van der Waals surface area contributed by atoms with Crippen molar-refractivity contribution in [1.82, 2.24) is 24.1 Å². The highest BCUT2D eigenvalue weighted by Crippen LogP contribution is 2.12. The maximum absolute atomic E-state index is 5.37. The number of nitrogens with one attached hydrogen (secondary N) is 1. The van der Waals surface area contributed by atoms with Crippen molar-refractivity contribution in [1.29, 1.82) is 0 Å². The van der Waals surface area contributed by atoms with Crippen LogP contribution in [0.1, 0.15) is 5.82 Å². The first-order chi connectivity index (χ1) is 6.75. The zero-order valence-electron chi connectivity index (χ0n) is 7.51. The molecule has 2 aromatic heterocycles. The Labute approximate surface area is 84.2 Å². The molecule has 2 aromatic rings. The van der Waals surface area contributed by atoms with Crippen LogP contribution in [-0.2, 0) is 13.6 Å². The van der Waals surface area contributed by atoms with E-state index in [2.05, 4.69) is 24.9 Å². The predicted molar refractivity (Wildman–Crippen MR) is 52.7 cm³/mol. The van der Waals surface area contributed by atoms with E-state index in [4.69, 9.17) is 5.73 Å². The summed E-state index contributed by atoms with van der Waals surface area (Å²) in [4.78, 5) is 3.96. The molecular formula is C6H9N7S. The van der Waals surface area contributed by atoms with Gasteiger partial charge >= 0.3 is 0 Å². The quantitative estimate of drug-likeness (QED) is 0.733. The summed E-state index contributed by atoms with van der Waals surface area (Å²) in [6.45, 7) is 0.561. The van der Waals surface area contributed by atoms with Gasteiger partial charge in [0.05, 0.1) is 6.54 Å². The topological polar surface area (TPSA) is 94.5 Å². The van der Waals surface area contributed by atoms with Gasteiger partial charge in [0, 0.05) is 18.6 Å². The van der Waals surface area contributed by atoms with Gasteiger partial charge < -0.3 is 15.6 Å². The molecule has 7 nitrogen and oxygen atoms in total. The van der Waals surface area contributed by atoms with Crippen molar-refractivity contribution in [3.05, 3.63) is 12.2 Å². The van der Waals surface area contributed by atoms with Gasteiger partial charge in [-0.1, -0.05) is 0 Å². The minimum absolute atomic E-state index is 0.287. The molecule has 14 heavy (non-hydrogen) atoms. The van der Waals surface area contributed by atoms with Gasteiger partial charge in [-0.15, -0.1) is 10.2 Å². The van der Waals surface area contributed by atoms with Crippen LogP contribution in [-0.4, -0.2) is 24.1 Å². The van der Waals surface area contributed by atoms with E-state index in [1.165, 1.54) is 11.5 Å². The average molecular weight is 211 g/mol. The third-order valence-corrected chi connectivity index (χ3v) is 2.33. The maximum Gasteiger partial charge on any atom is 0.233 e. The van der Waals surface area contributed by atoms with Crippen LogP contribution < -0.4 is 11.1 Å². The Balaban J connectivity index is 1.98. The van der Waals surface area contributed by atoms with E-state index in [0.29, 0.717) is 11.7 Å². The first kappa shape index (κ1) is 8.88. The highest BCUT2D eigenvalue weighted by Gasteiger charge is 2.03. The van der Waals surface area contributed by atoms with Crippen LogP contribution in [0.2, 0.25) is 0 Å². The second-order valence-corrected chi connectivity index (χ2v) is 3.42. The van der Waals surface area contributed by atoms with Gasteiger partial charge in [0.25, 0.3) is 0 Å². The van der Waals surface area contributed by atoms with Gasteiger partial charge in [-0.05, 0) is 0 Å². The molecule has 0 fully saturated rings. The Kier molecular flexibility index (Phi) is 2.27. The van der Waals surface area contributed by atoms with Crippen LogP contribution >= 0.6 is 11.5 Å². The summed E-state index contributed by atoms with van der Waals surface area (Å²) in [5.74, 6) is 1.12. The fourth-order valence-corrected chi connectivity index (χ4v) is 1.42. The minimum atomic E-state index is 0.287. The van der Waals surface area contributed by atoms with Gasteiger partial charge in [-0.2, -0.15) is 9.36 Å². The molecule has 0 atom stereocenters. The molecule has 3 N–H and O–H groups in total. The van der Waals surface area contributed by atoms with Crippen LogP contribution in [0.3, 0.4) is 0 Å². The number of nitrogens with two attached hydrogens (primary N) is 1. The Morgan fingerprint density at radius 1 is 1.64 bits per heavy atom. The second kappa shape index (κ2) is 3.58. The van der Waals surface area contributed by atoms with Crippen molar-refractivity contribution in [2.24, 2.45) is 7.05 Å². The fraction of sp³-hybridized carbons (Fsp3) is 0.333. The van der Waals surface area contributed by atoms with Crippen LogP contribution in [0.15, 0.2) is 6.33 Å². The Bertz CT molecular complexity index is 419. The minimum Gasteiger partial charge on any atom is -0.367 e. The summed E-state index contributed by atoms with van der Waals surface area (Å²) in [5, 5.41) is 11.4. The number of hydrogen-bond acceptors (Lipinski definition) is 7. The lowest BCUT2D eigenvalue weighted by Gasteiger charge is -1.99. The first-order valence-corrected chi connectivity index (χ1v) is 4.69. The van der Waals surface area contributed by atoms with Crippen molar-refractivity contribution in [2.45, 2.75) is 6.54 Å². The zero-order valence-corrected chi connectivity index (χ0v) is 8.32. The molecule has 0 amide bonds. The molecule has 0 bridgehead atoms. The average Bonchev–Trinajstić information content (AvgIpc) is 2.72. The molecule has 8 heteroatoms. The summed E-state index contributed by atoms with van der Waals surface area (Å²) in [5.41, 5.74) is 5.37. The predicted octanol–water partition coefficient (Wildman–Crippen LogP) is -0.139. The number of aryl methyl sites for hydroxylation is 1. The lowest BCUT2D eigenvalue weighted by atomic mass is 10.6. The van der Waals surface area contributed by atoms with Gasteiger partial charge in [0.15, 0.2) is 5.82 Å². The van der Waals surface area contributed by atoms with Crippen LogP contribution in [0.5, 0.6) is 0 Å². The Morgan fingerprint density at radius 2 is 2.50 bits per heavy atom. The molecule has 0 spiro atoms. The smallest absolute Gasteiger partial charge is 0.233 e. The Morgan fingerprint density at radius 3 is 3.07 bits per heavy atom. The number of hydrogen-bond donors (Lipinski definition) is 2. The molecule has 0 aliphatic rings. The molecule has 0 saturated carbocycles. The van der Waals surface area contributed by atoms with Gasteiger partial charge in [0.1, 0.15) is 6.33 Å². The zero-order chi connectivity index (χ0) is 9.97.